The SMILES string of the molecule is CCCNC(=O)N(CC)CCO.CN=C(N)C(C)Cc1ccccc1. The number of urea groups is 1. The number of carbonyl (C=O) groups excluding carboxylic acids is 1. The van der Waals surface area contributed by atoms with Gasteiger partial charge in [0.25, 0.3) is 0 Å². The summed E-state index contributed by atoms with van der Waals surface area (Å²) in [6, 6.07) is 10.2. The molecule has 0 saturated carbocycles. The summed E-state index contributed by atoms with van der Waals surface area (Å²) in [6.07, 6.45) is 1.90. The molecule has 0 aliphatic heterocycles. The minimum Gasteiger partial charge on any atom is -0.395 e. The van der Waals surface area contributed by atoms with Crippen molar-refractivity contribution in [2.45, 2.75) is 33.6 Å². The third-order valence-electron chi connectivity index (χ3n) is 3.71. The first-order chi connectivity index (χ1) is 12.0. The number of nitrogens with two attached hydrogens (primary N) is 1. The fraction of sp³-hybridized carbons (Fsp3) is 0.579. The number of likely N-dealkylation sites (N-methyl/N-ethyl adjacent to an activating group) is 1. The number of aliphatic imine (C=N–C) groups is 1. The molecule has 1 aromatic carbocycles. The van der Waals surface area contributed by atoms with E-state index < -0.39 is 0 Å². The van der Waals surface area contributed by atoms with E-state index in [0.717, 1.165) is 18.7 Å². The van der Waals surface area contributed by atoms with Crippen molar-refractivity contribution in [3.05, 3.63) is 35.9 Å². The van der Waals surface area contributed by atoms with Gasteiger partial charge in [0.1, 0.15) is 0 Å². The van der Waals surface area contributed by atoms with Gasteiger partial charge in [0, 0.05) is 32.6 Å². The highest BCUT2D eigenvalue weighted by atomic mass is 16.3. The van der Waals surface area contributed by atoms with E-state index in [9.17, 15) is 4.79 Å². The third kappa shape index (κ3) is 10.4. The first-order valence-corrected chi connectivity index (χ1v) is 8.89. The van der Waals surface area contributed by atoms with Gasteiger partial charge in [0.05, 0.1) is 12.4 Å². The van der Waals surface area contributed by atoms with Crippen LogP contribution in [0.2, 0.25) is 0 Å². The maximum atomic E-state index is 11.2. The molecule has 142 valence electrons. The second-order valence-corrected chi connectivity index (χ2v) is 5.77. The summed E-state index contributed by atoms with van der Waals surface area (Å²) >= 11 is 0. The molecular weight excluding hydrogens is 316 g/mol. The maximum Gasteiger partial charge on any atom is 0.317 e. The normalized spacial score (nSPS) is 12.0. The summed E-state index contributed by atoms with van der Waals surface area (Å²) in [4.78, 5) is 16.8. The predicted molar refractivity (Wildman–Crippen MR) is 105 cm³/mol. The van der Waals surface area contributed by atoms with Crippen LogP contribution in [0, 0.1) is 5.92 Å². The zero-order chi connectivity index (χ0) is 19.1. The Bertz CT molecular complexity index is 491. The number of aliphatic hydroxyl groups excluding tert-OH is 1. The van der Waals surface area contributed by atoms with Crippen LogP contribution in [0.5, 0.6) is 0 Å². The van der Waals surface area contributed by atoms with Gasteiger partial charge in [0.15, 0.2) is 0 Å². The van der Waals surface area contributed by atoms with Crippen molar-refractivity contribution >= 4 is 11.9 Å². The molecule has 25 heavy (non-hydrogen) atoms. The first-order valence-electron chi connectivity index (χ1n) is 8.89. The van der Waals surface area contributed by atoms with Gasteiger partial charge in [-0.1, -0.05) is 44.2 Å². The number of nitrogens with zero attached hydrogens (tertiary/aromatic N) is 2. The van der Waals surface area contributed by atoms with Crippen LogP contribution >= 0.6 is 0 Å². The lowest BCUT2D eigenvalue weighted by Gasteiger charge is -2.19. The molecular formula is C19H34N4O2. The zero-order valence-corrected chi connectivity index (χ0v) is 16.0. The number of benzene rings is 1. The molecule has 0 saturated heterocycles. The molecule has 1 aromatic rings. The zero-order valence-electron chi connectivity index (χ0n) is 16.0. The number of amidine groups is 1. The molecule has 1 atom stereocenters. The van der Waals surface area contributed by atoms with E-state index in [1.807, 2.05) is 32.0 Å². The Balaban J connectivity index is 0.000000463. The Kier molecular flexibility index (Phi) is 13.1. The highest BCUT2D eigenvalue weighted by Crippen LogP contribution is 2.07. The summed E-state index contributed by atoms with van der Waals surface area (Å²) in [6.45, 7) is 7.75. The van der Waals surface area contributed by atoms with Gasteiger partial charge in [-0.3, -0.25) is 4.99 Å². The van der Waals surface area contributed by atoms with Crippen molar-refractivity contribution in [2.24, 2.45) is 16.6 Å². The number of hydrogen-bond acceptors (Lipinski definition) is 3. The quantitative estimate of drug-likeness (QED) is 0.496. The Labute approximate surface area is 152 Å². The predicted octanol–water partition coefficient (Wildman–Crippen LogP) is 2.27. The maximum absolute atomic E-state index is 11.2. The van der Waals surface area contributed by atoms with Crippen LogP contribution in [-0.2, 0) is 6.42 Å². The molecule has 0 heterocycles. The minimum absolute atomic E-state index is 0.0212. The van der Waals surface area contributed by atoms with E-state index in [1.165, 1.54) is 5.56 Å². The Hall–Kier alpha value is -2.08. The van der Waals surface area contributed by atoms with Gasteiger partial charge in [-0.15, -0.1) is 0 Å². The average Bonchev–Trinajstić information content (AvgIpc) is 2.64. The summed E-state index contributed by atoms with van der Waals surface area (Å²) in [5, 5.41) is 11.4. The van der Waals surface area contributed by atoms with Gasteiger partial charge in [-0.2, -0.15) is 0 Å². The van der Waals surface area contributed by atoms with Crippen molar-refractivity contribution in [1.29, 1.82) is 0 Å². The van der Waals surface area contributed by atoms with Gasteiger partial charge in [0.2, 0.25) is 0 Å². The molecule has 6 heteroatoms. The number of hydrogen-bond donors (Lipinski definition) is 3. The molecule has 0 fully saturated rings. The van der Waals surface area contributed by atoms with E-state index in [0.29, 0.717) is 25.6 Å². The number of aliphatic hydroxyl groups is 1. The van der Waals surface area contributed by atoms with Crippen molar-refractivity contribution in [3.8, 4) is 0 Å². The van der Waals surface area contributed by atoms with E-state index in [1.54, 1.807) is 11.9 Å². The average molecular weight is 351 g/mol. The van der Waals surface area contributed by atoms with Gasteiger partial charge >= 0.3 is 6.03 Å². The highest BCUT2D eigenvalue weighted by molar-refractivity contribution is 5.82. The Morgan fingerprint density at radius 3 is 2.44 bits per heavy atom. The molecule has 0 aromatic heterocycles. The Morgan fingerprint density at radius 2 is 1.96 bits per heavy atom. The van der Waals surface area contributed by atoms with Crippen LogP contribution < -0.4 is 11.1 Å². The second-order valence-electron chi connectivity index (χ2n) is 5.77. The summed E-state index contributed by atoms with van der Waals surface area (Å²) in [5.41, 5.74) is 7.02. The largest absolute Gasteiger partial charge is 0.395 e. The van der Waals surface area contributed by atoms with Crippen LogP contribution in [0.15, 0.2) is 35.3 Å². The molecule has 0 bridgehead atoms. The molecule has 0 spiro atoms. The number of nitrogens with one attached hydrogen (secondary N) is 1. The second kappa shape index (κ2) is 14.3. The van der Waals surface area contributed by atoms with Crippen LogP contribution in [-0.4, -0.2) is 55.2 Å². The van der Waals surface area contributed by atoms with Gasteiger partial charge < -0.3 is 21.1 Å². The standard InChI is InChI=1S/C11H16N2.C8H18N2O2/c1-9(11(12)13-2)8-10-6-4-3-5-7-10;1-3-5-9-8(12)10(4-2)6-7-11/h3-7,9H,8H2,1-2H3,(H2,12,13);11H,3-7H2,1-2H3,(H,9,12). The van der Waals surface area contributed by atoms with E-state index >= 15 is 0 Å². The molecule has 1 rings (SSSR count). The van der Waals surface area contributed by atoms with E-state index in [4.69, 9.17) is 10.8 Å². The fourth-order valence-corrected chi connectivity index (χ4v) is 2.16. The van der Waals surface area contributed by atoms with Gasteiger partial charge in [-0.25, -0.2) is 4.79 Å². The summed E-state index contributed by atoms with van der Waals surface area (Å²) in [5.74, 6) is 1.05. The van der Waals surface area contributed by atoms with E-state index in [2.05, 4.69) is 29.4 Å². The minimum atomic E-state index is -0.0894. The molecule has 2 amide bonds. The summed E-state index contributed by atoms with van der Waals surface area (Å²) < 4.78 is 0. The molecule has 0 aliphatic carbocycles. The third-order valence-corrected chi connectivity index (χ3v) is 3.71. The molecule has 6 nitrogen and oxygen atoms in total. The van der Waals surface area contributed by atoms with E-state index in [-0.39, 0.29) is 12.6 Å². The van der Waals surface area contributed by atoms with Crippen LogP contribution in [0.25, 0.3) is 0 Å². The van der Waals surface area contributed by atoms with Crippen molar-refractivity contribution in [3.63, 3.8) is 0 Å². The van der Waals surface area contributed by atoms with Gasteiger partial charge in [-0.05, 0) is 25.3 Å². The fourth-order valence-electron chi connectivity index (χ4n) is 2.16. The smallest absolute Gasteiger partial charge is 0.317 e. The van der Waals surface area contributed by atoms with Crippen LogP contribution in [0.1, 0.15) is 32.8 Å². The number of rotatable bonds is 8. The first kappa shape index (κ1) is 22.9. The number of carbonyl (C=O) groups is 1. The molecule has 1 unspecified atom stereocenters. The lowest BCUT2D eigenvalue weighted by Crippen LogP contribution is -2.41. The molecule has 0 aliphatic rings. The van der Waals surface area contributed by atoms with Crippen molar-refractivity contribution in [1.82, 2.24) is 10.2 Å². The van der Waals surface area contributed by atoms with Crippen molar-refractivity contribution in [2.75, 3.05) is 33.3 Å². The number of amides is 2. The van der Waals surface area contributed by atoms with Crippen LogP contribution in [0.3, 0.4) is 0 Å². The van der Waals surface area contributed by atoms with Crippen molar-refractivity contribution < 1.29 is 9.90 Å². The summed E-state index contributed by atoms with van der Waals surface area (Å²) in [7, 11) is 1.73. The Morgan fingerprint density at radius 1 is 1.32 bits per heavy atom. The molecule has 0 radical (unpaired) electrons. The van der Waals surface area contributed by atoms with Crippen LogP contribution in [0.4, 0.5) is 4.79 Å². The topological polar surface area (TPSA) is 91.0 Å². The molecule has 4 N–H and O–H groups in total. The monoisotopic (exact) mass is 350 g/mol. The lowest BCUT2D eigenvalue weighted by atomic mass is 10.0. The highest BCUT2D eigenvalue weighted by Gasteiger charge is 2.08. The lowest BCUT2D eigenvalue weighted by molar-refractivity contribution is 0.180.